The molecule has 2 nitrogen and oxygen atoms in total. The van der Waals surface area contributed by atoms with E-state index in [9.17, 15) is 4.79 Å². The molecule has 4 fully saturated rings. The Morgan fingerprint density at radius 3 is 2.39 bits per heavy atom. The molecule has 0 aliphatic heterocycles. The van der Waals surface area contributed by atoms with Crippen molar-refractivity contribution >= 4 is 29.1 Å². The van der Waals surface area contributed by atoms with Crippen molar-refractivity contribution < 1.29 is 4.79 Å². The molecular weight excluding hydrogens is 389 g/mol. The molecule has 0 saturated heterocycles. The van der Waals surface area contributed by atoms with Gasteiger partial charge in [-0.25, -0.2) is 0 Å². The SMILES string of the molecule is O=C(NCC12C[C@H]3C[C@H](C1)CC(c1ccccc1)(C3)C2)c1ccc(Cl)cc1Cl. The van der Waals surface area contributed by atoms with E-state index in [4.69, 9.17) is 23.2 Å². The van der Waals surface area contributed by atoms with Gasteiger partial charge < -0.3 is 5.32 Å². The molecule has 6 rings (SSSR count). The highest BCUT2D eigenvalue weighted by atomic mass is 35.5. The van der Waals surface area contributed by atoms with Crippen molar-refractivity contribution in [2.45, 2.75) is 43.9 Å². The molecule has 1 N–H and O–H groups in total. The van der Waals surface area contributed by atoms with Gasteiger partial charge in [0, 0.05) is 11.6 Å². The maximum Gasteiger partial charge on any atom is 0.252 e. The molecule has 0 radical (unpaired) electrons. The normalized spacial score (nSPS) is 33.1. The van der Waals surface area contributed by atoms with E-state index in [1.165, 1.54) is 44.1 Å². The van der Waals surface area contributed by atoms with Gasteiger partial charge in [-0.2, -0.15) is 0 Å². The number of nitrogens with one attached hydrogen (secondary N) is 1. The minimum atomic E-state index is -0.0915. The van der Waals surface area contributed by atoms with Crippen molar-refractivity contribution in [2.75, 3.05) is 6.54 Å². The third-order valence-electron chi connectivity index (χ3n) is 7.37. The smallest absolute Gasteiger partial charge is 0.252 e. The highest BCUT2D eigenvalue weighted by Gasteiger charge is 2.57. The van der Waals surface area contributed by atoms with E-state index in [1.807, 2.05) is 0 Å². The second kappa shape index (κ2) is 6.78. The Morgan fingerprint density at radius 1 is 1.00 bits per heavy atom. The molecule has 2 aromatic rings. The van der Waals surface area contributed by atoms with Gasteiger partial charge in [0.05, 0.1) is 10.6 Å². The second-order valence-electron chi connectivity index (χ2n) is 9.41. The summed E-state index contributed by atoms with van der Waals surface area (Å²) in [6.45, 7) is 0.742. The zero-order chi connectivity index (χ0) is 19.4. The fourth-order valence-corrected chi connectivity index (χ4v) is 7.32. The first kappa shape index (κ1) is 18.5. The first-order valence-electron chi connectivity index (χ1n) is 10.3. The highest BCUT2D eigenvalue weighted by molar-refractivity contribution is 6.36. The molecule has 146 valence electrons. The Kier molecular flexibility index (Phi) is 4.48. The summed E-state index contributed by atoms with van der Waals surface area (Å²) in [6.07, 6.45) is 7.66. The van der Waals surface area contributed by atoms with Crippen LogP contribution in [0.4, 0.5) is 0 Å². The van der Waals surface area contributed by atoms with Crippen molar-refractivity contribution in [1.29, 1.82) is 0 Å². The van der Waals surface area contributed by atoms with Gasteiger partial charge in [0.2, 0.25) is 0 Å². The topological polar surface area (TPSA) is 29.1 Å². The molecule has 0 aromatic heterocycles. The number of amides is 1. The molecule has 2 aromatic carbocycles. The van der Waals surface area contributed by atoms with Crippen LogP contribution in [0.2, 0.25) is 10.0 Å². The monoisotopic (exact) mass is 413 g/mol. The third-order valence-corrected chi connectivity index (χ3v) is 7.92. The lowest BCUT2D eigenvalue weighted by atomic mass is 9.43. The van der Waals surface area contributed by atoms with Crippen molar-refractivity contribution in [2.24, 2.45) is 17.3 Å². The molecule has 4 aliphatic rings. The number of hydrogen-bond acceptors (Lipinski definition) is 1. The zero-order valence-electron chi connectivity index (χ0n) is 15.9. The second-order valence-corrected chi connectivity index (χ2v) is 10.3. The quantitative estimate of drug-likeness (QED) is 0.629. The molecule has 2 atom stereocenters. The van der Waals surface area contributed by atoms with E-state index in [0.717, 1.165) is 18.4 Å². The number of benzene rings is 2. The van der Waals surface area contributed by atoms with Gasteiger partial charge in [-0.15, -0.1) is 0 Å². The predicted octanol–water partition coefficient (Wildman–Crippen LogP) is 6.26. The van der Waals surface area contributed by atoms with E-state index < -0.39 is 0 Å². The van der Waals surface area contributed by atoms with Crippen LogP contribution in [0, 0.1) is 17.3 Å². The Balaban J connectivity index is 1.37. The van der Waals surface area contributed by atoms with Crippen molar-refractivity contribution in [3.05, 3.63) is 69.7 Å². The van der Waals surface area contributed by atoms with Gasteiger partial charge >= 0.3 is 0 Å². The van der Waals surface area contributed by atoms with Crippen LogP contribution in [-0.2, 0) is 5.41 Å². The Morgan fingerprint density at radius 2 is 1.71 bits per heavy atom. The average Bonchev–Trinajstić information content (AvgIpc) is 2.66. The summed E-state index contributed by atoms with van der Waals surface area (Å²) in [5.41, 5.74) is 2.52. The largest absolute Gasteiger partial charge is 0.351 e. The Bertz CT molecular complexity index is 896. The predicted molar refractivity (Wildman–Crippen MR) is 114 cm³/mol. The molecule has 0 spiro atoms. The van der Waals surface area contributed by atoms with Gasteiger partial charge in [-0.3, -0.25) is 4.79 Å². The third kappa shape index (κ3) is 3.15. The lowest BCUT2D eigenvalue weighted by Gasteiger charge is -2.62. The van der Waals surface area contributed by atoms with E-state index in [1.54, 1.807) is 18.2 Å². The minimum absolute atomic E-state index is 0.0915. The van der Waals surface area contributed by atoms with Crippen LogP contribution in [0.15, 0.2) is 48.5 Å². The number of hydrogen-bond donors (Lipinski definition) is 1. The first-order valence-corrected chi connectivity index (χ1v) is 11.0. The van der Waals surface area contributed by atoms with Crippen LogP contribution in [0.5, 0.6) is 0 Å². The summed E-state index contributed by atoms with van der Waals surface area (Å²) in [5, 5.41) is 4.18. The van der Waals surface area contributed by atoms with E-state index >= 15 is 0 Å². The lowest BCUT2D eigenvalue weighted by molar-refractivity contribution is -0.0697. The van der Waals surface area contributed by atoms with Crippen LogP contribution in [0.1, 0.15) is 54.4 Å². The maximum atomic E-state index is 12.8. The van der Waals surface area contributed by atoms with Crippen molar-refractivity contribution in [1.82, 2.24) is 5.32 Å². The zero-order valence-corrected chi connectivity index (χ0v) is 17.4. The molecule has 4 bridgehead atoms. The first-order chi connectivity index (χ1) is 13.5. The number of rotatable bonds is 4. The van der Waals surface area contributed by atoms with Gasteiger partial charge in [0.1, 0.15) is 0 Å². The summed E-state index contributed by atoms with van der Waals surface area (Å²) >= 11 is 12.2. The summed E-state index contributed by atoms with van der Waals surface area (Å²) in [4.78, 5) is 12.8. The minimum Gasteiger partial charge on any atom is -0.351 e. The molecular formula is C24H25Cl2NO. The molecule has 28 heavy (non-hydrogen) atoms. The van der Waals surface area contributed by atoms with Crippen molar-refractivity contribution in [3.63, 3.8) is 0 Å². The van der Waals surface area contributed by atoms with E-state index in [2.05, 4.69) is 35.6 Å². The lowest BCUT2D eigenvalue weighted by Crippen LogP contribution is -2.57. The van der Waals surface area contributed by atoms with Gasteiger partial charge in [0.25, 0.3) is 5.91 Å². The maximum absolute atomic E-state index is 12.8. The molecule has 4 heteroatoms. The number of carbonyl (C=O) groups excluding carboxylic acids is 1. The molecule has 1 amide bonds. The average molecular weight is 414 g/mol. The molecule has 0 heterocycles. The van der Waals surface area contributed by atoms with Gasteiger partial charge in [-0.1, -0.05) is 53.5 Å². The molecule has 0 unspecified atom stereocenters. The molecule has 4 aliphatic carbocycles. The van der Waals surface area contributed by atoms with E-state index in [0.29, 0.717) is 21.0 Å². The van der Waals surface area contributed by atoms with Crippen LogP contribution in [0.25, 0.3) is 0 Å². The van der Waals surface area contributed by atoms with Gasteiger partial charge in [0.15, 0.2) is 0 Å². The number of halogens is 2. The van der Waals surface area contributed by atoms with Crippen LogP contribution >= 0.6 is 23.2 Å². The fraction of sp³-hybridized carbons (Fsp3) is 0.458. The standard InChI is InChI=1S/C24H25Cl2NO/c25-19-6-7-20(21(26)9-19)22(28)27-15-23-10-16-8-17(11-23)13-24(12-16,14-23)18-4-2-1-3-5-18/h1-7,9,16-17H,8,10-15H2,(H,27,28)/t16-,17-,23?,24?/m1/s1. The summed E-state index contributed by atoms with van der Waals surface area (Å²) in [7, 11) is 0. The van der Waals surface area contributed by atoms with Crippen LogP contribution < -0.4 is 5.32 Å². The summed E-state index contributed by atoms with van der Waals surface area (Å²) < 4.78 is 0. The molecule has 4 saturated carbocycles. The van der Waals surface area contributed by atoms with E-state index in [-0.39, 0.29) is 11.3 Å². The van der Waals surface area contributed by atoms with Crippen LogP contribution in [0.3, 0.4) is 0 Å². The summed E-state index contributed by atoms with van der Waals surface area (Å²) in [6, 6.07) is 16.1. The number of carbonyl (C=O) groups is 1. The Hall–Kier alpha value is -1.51. The summed E-state index contributed by atoms with van der Waals surface area (Å²) in [5.74, 6) is 1.49. The van der Waals surface area contributed by atoms with Gasteiger partial charge in [-0.05, 0) is 85.0 Å². The highest BCUT2D eigenvalue weighted by Crippen LogP contribution is 2.65. The van der Waals surface area contributed by atoms with Crippen molar-refractivity contribution in [3.8, 4) is 0 Å². The Labute approximate surface area is 176 Å². The fourth-order valence-electron chi connectivity index (χ4n) is 6.83. The van der Waals surface area contributed by atoms with Crippen LogP contribution in [-0.4, -0.2) is 12.5 Å².